The van der Waals surface area contributed by atoms with Crippen molar-refractivity contribution in [3.63, 3.8) is 0 Å². The van der Waals surface area contributed by atoms with Crippen LogP contribution >= 0.6 is 0 Å². The fraction of sp³-hybridized carbons (Fsp3) is 0.400. The number of ether oxygens (including phenoxy) is 1. The van der Waals surface area contributed by atoms with E-state index in [1.165, 1.54) is 29.7 Å². The number of morpholine rings is 1. The standard InChI is InChI=1S/C20H23N5O/c21-11-16-4-3-15(9-18(16)14-1-2-14)20-19-10-17(12-25(19)23-13-22-20)24-5-7-26-8-6-24/h3-4,9-10,12-14H,1-2,5-8,11,21H2. The highest BCUT2D eigenvalue weighted by molar-refractivity contribution is 5.80. The summed E-state index contributed by atoms with van der Waals surface area (Å²) >= 11 is 0. The first-order valence-corrected chi connectivity index (χ1v) is 9.33. The third kappa shape index (κ3) is 2.75. The zero-order valence-electron chi connectivity index (χ0n) is 14.8. The van der Waals surface area contributed by atoms with Crippen molar-refractivity contribution in [2.75, 3.05) is 31.2 Å². The SMILES string of the molecule is NCc1ccc(-c2ncnn3cc(N4CCOCC4)cc23)cc1C1CC1. The molecule has 0 bridgehead atoms. The normalized spacial score (nSPS) is 17.8. The van der Waals surface area contributed by atoms with Gasteiger partial charge in [-0.05, 0) is 42.0 Å². The summed E-state index contributed by atoms with van der Waals surface area (Å²) in [6.45, 7) is 3.97. The lowest BCUT2D eigenvalue weighted by atomic mass is 9.98. The van der Waals surface area contributed by atoms with Gasteiger partial charge in [0.05, 0.1) is 36.3 Å². The second kappa shape index (κ2) is 6.37. The van der Waals surface area contributed by atoms with Crippen molar-refractivity contribution in [2.45, 2.75) is 25.3 Å². The number of benzene rings is 1. The van der Waals surface area contributed by atoms with E-state index in [4.69, 9.17) is 10.5 Å². The molecule has 5 rings (SSSR count). The molecule has 0 spiro atoms. The van der Waals surface area contributed by atoms with Crippen molar-refractivity contribution in [1.29, 1.82) is 0 Å². The molecule has 0 amide bonds. The second-order valence-electron chi connectivity index (χ2n) is 7.13. The molecule has 0 radical (unpaired) electrons. The Bertz CT molecular complexity index is 941. The molecule has 1 aromatic carbocycles. The van der Waals surface area contributed by atoms with E-state index in [-0.39, 0.29) is 0 Å². The number of nitrogens with two attached hydrogens (primary N) is 1. The molecule has 1 saturated carbocycles. The lowest BCUT2D eigenvalue weighted by molar-refractivity contribution is 0.122. The molecule has 3 heterocycles. The van der Waals surface area contributed by atoms with E-state index in [2.05, 4.69) is 45.4 Å². The maximum Gasteiger partial charge on any atom is 0.137 e. The van der Waals surface area contributed by atoms with Gasteiger partial charge >= 0.3 is 0 Å². The minimum absolute atomic E-state index is 0.595. The third-order valence-electron chi connectivity index (χ3n) is 5.42. The molecule has 6 nitrogen and oxygen atoms in total. The largest absolute Gasteiger partial charge is 0.378 e. The predicted octanol–water partition coefficient (Wildman–Crippen LogP) is 2.57. The number of hydrogen-bond donors (Lipinski definition) is 1. The highest BCUT2D eigenvalue weighted by atomic mass is 16.5. The molecular weight excluding hydrogens is 326 g/mol. The van der Waals surface area contributed by atoms with Crippen LogP contribution in [0.4, 0.5) is 5.69 Å². The van der Waals surface area contributed by atoms with E-state index in [9.17, 15) is 0 Å². The molecule has 6 heteroatoms. The summed E-state index contributed by atoms with van der Waals surface area (Å²) in [5, 5.41) is 4.41. The van der Waals surface area contributed by atoms with Crippen molar-refractivity contribution >= 4 is 11.2 Å². The Labute approximate surface area is 152 Å². The molecule has 26 heavy (non-hydrogen) atoms. The van der Waals surface area contributed by atoms with Crippen LogP contribution in [0.5, 0.6) is 0 Å². The molecule has 2 fully saturated rings. The van der Waals surface area contributed by atoms with E-state index in [0.717, 1.165) is 43.1 Å². The van der Waals surface area contributed by atoms with Crippen LogP contribution < -0.4 is 10.6 Å². The fourth-order valence-electron chi connectivity index (χ4n) is 3.84. The second-order valence-corrected chi connectivity index (χ2v) is 7.13. The molecular formula is C20H23N5O. The lowest BCUT2D eigenvalue weighted by Gasteiger charge is -2.27. The summed E-state index contributed by atoms with van der Waals surface area (Å²) in [7, 11) is 0. The number of fused-ring (bicyclic) bond motifs is 1. The Kier molecular flexibility index (Phi) is 3.87. The topological polar surface area (TPSA) is 68.7 Å². The van der Waals surface area contributed by atoms with Crippen LogP contribution in [0.1, 0.15) is 29.9 Å². The Morgan fingerprint density at radius 1 is 1.15 bits per heavy atom. The van der Waals surface area contributed by atoms with Gasteiger partial charge in [0.1, 0.15) is 6.33 Å². The summed E-state index contributed by atoms with van der Waals surface area (Å²) in [5.41, 5.74) is 12.9. The minimum Gasteiger partial charge on any atom is -0.378 e. The first-order chi connectivity index (χ1) is 12.8. The van der Waals surface area contributed by atoms with Crippen molar-refractivity contribution in [3.8, 4) is 11.3 Å². The summed E-state index contributed by atoms with van der Waals surface area (Å²) < 4.78 is 7.40. The molecule has 134 valence electrons. The Balaban J connectivity index is 1.58. The van der Waals surface area contributed by atoms with Crippen molar-refractivity contribution < 1.29 is 4.74 Å². The van der Waals surface area contributed by atoms with Gasteiger partial charge in [-0.25, -0.2) is 9.50 Å². The van der Waals surface area contributed by atoms with Gasteiger partial charge in [-0.1, -0.05) is 12.1 Å². The maximum absolute atomic E-state index is 5.94. The highest BCUT2D eigenvalue weighted by Gasteiger charge is 2.26. The van der Waals surface area contributed by atoms with Crippen LogP contribution in [-0.2, 0) is 11.3 Å². The van der Waals surface area contributed by atoms with E-state index in [0.29, 0.717) is 12.5 Å². The first-order valence-electron chi connectivity index (χ1n) is 9.33. The molecule has 1 aliphatic heterocycles. The zero-order valence-corrected chi connectivity index (χ0v) is 14.8. The summed E-state index contributed by atoms with van der Waals surface area (Å²) in [6.07, 6.45) is 6.25. The van der Waals surface area contributed by atoms with Crippen LogP contribution in [0.3, 0.4) is 0 Å². The average Bonchev–Trinajstić information content (AvgIpc) is 3.45. The number of aromatic nitrogens is 3. The highest BCUT2D eigenvalue weighted by Crippen LogP contribution is 2.43. The van der Waals surface area contributed by atoms with Gasteiger partial charge in [-0.15, -0.1) is 0 Å². The van der Waals surface area contributed by atoms with Gasteiger partial charge in [-0.3, -0.25) is 0 Å². The number of nitrogens with zero attached hydrogens (tertiary/aromatic N) is 4. The van der Waals surface area contributed by atoms with E-state index >= 15 is 0 Å². The van der Waals surface area contributed by atoms with Gasteiger partial charge in [-0.2, -0.15) is 5.10 Å². The molecule has 1 saturated heterocycles. The Hall–Kier alpha value is -2.44. The van der Waals surface area contributed by atoms with Gasteiger partial charge in [0.15, 0.2) is 0 Å². The molecule has 2 aromatic heterocycles. The zero-order chi connectivity index (χ0) is 17.5. The molecule has 0 atom stereocenters. The summed E-state index contributed by atoms with van der Waals surface area (Å²) in [4.78, 5) is 6.95. The van der Waals surface area contributed by atoms with E-state index < -0.39 is 0 Å². The van der Waals surface area contributed by atoms with Crippen LogP contribution in [0, 0.1) is 0 Å². The van der Waals surface area contributed by atoms with Crippen LogP contribution in [0.2, 0.25) is 0 Å². The molecule has 3 aromatic rings. The number of anilines is 1. The third-order valence-corrected chi connectivity index (χ3v) is 5.42. The molecule has 0 unspecified atom stereocenters. The smallest absolute Gasteiger partial charge is 0.137 e. The maximum atomic E-state index is 5.94. The number of hydrogen-bond acceptors (Lipinski definition) is 5. The van der Waals surface area contributed by atoms with Crippen molar-refractivity contribution in [3.05, 3.63) is 47.9 Å². The predicted molar refractivity (Wildman–Crippen MR) is 101 cm³/mol. The minimum atomic E-state index is 0.595. The monoisotopic (exact) mass is 349 g/mol. The van der Waals surface area contributed by atoms with Gasteiger partial charge < -0.3 is 15.4 Å². The Morgan fingerprint density at radius 3 is 2.77 bits per heavy atom. The fourth-order valence-corrected chi connectivity index (χ4v) is 3.84. The van der Waals surface area contributed by atoms with Gasteiger partial charge in [0.2, 0.25) is 0 Å². The summed E-state index contributed by atoms with van der Waals surface area (Å²) in [5.74, 6) is 0.669. The van der Waals surface area contributed by atoms with E-state index in [1.54, 1.807) is 6.33 Å². The van der Waals surface area contributed by atoms with Crippen LogP contribution in [-0.4, -0.2) is 40.9 Å². The first kappa shape index (κ1) is 15.8. The molecule has 2 N–H and O–H groups in total. The quantitative estimate of drug-likeness (QED) is 0.784. The van der Waals surface area contributed by atoms with Crippen LogP contribution in [0.15, 0.2) is 36.8 Å². The number of rotatable bonds is 4. The Morgan fingerprint density at radius 2 is 2.00 bits per heavy atom. The van der Waals surface area contributed by atoms with Gasteiger partial charge in [0, 0.05) is 25.2 Å². The van der Waals surface area contributed by atoms with Crippen LogP contribution in [0.25, 0.3) is 16.8 Å². The van der Waals surface area contributed by atoms with E-state index in [1.807, 2.05) is 4.52 Å². The van der Waals surface area contributed by atoms with Gasteiger partial charge in [0.25, 0.3) is 0 Å². The average molecular weight is 349 g/mol. The van der Waals surface area contributed by atoms with Crippen molar-refractivity contribution in [2.24, 2.45) is 5.73 Å². The molecule has 1 aliphatic carbocycles. The lowest BCUT2D eigenvalue weighted by Crippen LogP contribution is -2.35. The molecule has 2 aliphatic rings. The summed E-state index contributed by atoms with van der Waals surface area (Å²) in [6, 6.07) is 8.77. The van der Waals surface area contributed by atoms with Crippen molar-refractivity contribution in [1.82, 2.24) is 14.6 Å².